The van der Waals surface area contributed by atoms with Crippen molar-refractivity contribution in [1.29, 1.82) is 0 Å². The van der Waals surface area contributed by atoms with Gasteiger partial charge in [-0.1, -0.05) is 27.5 Å². The highest BCUT2D eigenvalue weighted by atomic mass is 79.9. The first-order valence-corrected chi connectivity index (χ1v) is 5.98. The number of ether oxygens (including phenoxy) is 1. The summed E-state index contributed by atoms with van der Waals surface area (Å²) in [6.45, 7) is -2.97. The van der Waals surface area contributed by atoms with E-state index in [1.165, 1.54) is 12.1 Å². The number of halogens is 4. The Kier molecular flexibility index (Phi) is 5.14. The zero-order valence-corrected chi connectivity index (χ0v) is 10.8. The molecule has 0 aliphatic rings. The fourth-order valence-corrected chi connectivity index (χ4v) is 2.43. The molecule has 0 unspecified atom stereocenters. The molecule has 17 heavy (non-hydrogen) atoms. The molecule has 0 spiro atoms. The fraction of sp³-hybridized carbons (Fsp3) is 0.300. The van der Waals surface area contributed by atoms with Crippen molar-refractivity contribution in [3.63, 3.8) is 0 Å². The van der Waals surface area contributed by atoms with Crippen molar-refractivity contribution in [2.75, 3.05) is 0 Å². The van der Waals surface area contributed by atoms with Gasteiger partial charge in [0.2, 0.25) is 0 Å². The number of aliphatic carboxylic acids is 1. The number of alkyl halides is 3. The number of carbonyl (C=O) groups is 1. The first kappa shape index (κ1) is 14.2. The molecule has 0 heterocycles. The average molecular weight is 330 g/mol. The van der Waals surface area contributed by atoms with Crippen molar-refractivity contribution in [2.24, 2.45) is 0 Å². The van der Waals surface area contributed by atoms with E-state index < -0.39 is 12.6 Å². The van der Waals surface area contributed by atoms with Crippen LogP contribution in [0.1, 0.15) is 11.1 Å². The van der Waals surface area contributed by atoms with Gasteiger partial charge in [0.1, 0.15) is 5.75 Å². The maximum atomic E-state index is 12.0. The summed E-state index contributed by atoms with van der Waals surface area (Å²) in [7, 11) is 0. The molecule has 7 heteroatoms. The molecule has 3 nitrogen and oxygen atoms in total. The van der Waals surface area contributed by atoms with E-state index in [4.69, 9.17) is 16.7 Å². The van der Waals surface area contributed by atoms with E-state index in [1.807, 2.05) is 0 Å². The number of hydrogen-bond acceptors (Lipinski definition) is 2. The molecule has 0 atom stereocenters. The van der Waals surface area contributed by atoms with E-state index in [2.05, 4.69) is 20.7 Å². The Hall–Kier alpha value is -0.880. The quantitative estimate of drug-likeness (QED) is 0.842. The maximum Gasteiger partial charge on any atom is 0.387 e. The summed E-state index contributed by atoms with van der Waals surface area (Å²) in [5.74, 6) is -1.22. The lowest BCUT2D eigenvalue weighted by atomic mass is 10.1. The second-order valence-corrected chi connectivity index (χ2v) is 4.09. The SMILES string of the molecule is O=C(O)Cc1cc(OC(F)F)cc(Cl)c1CBr. The van der Waals surface area contributed by atoms with Gasteiger partial charge in [-0.3, -0.25) is 4.79 Å². The van der Waals surface area contributed by atoms with Crippen LogP contribution in [-0.2, 0) is 16.5 Å². The molecule has 0 saturated heterocycles. The standard InChI is InChI=1S/C10H8BrClF2O3/c11-4-7-5(2-9(15)16)1-6(3-8(7)12)17-10(13)14/h1,3,10H,2,4H2,(H,15,16). The van der Waals surface area contributed by atoms with E-state index >= 15 is 0 Å². The van der Waals surface area contributed by atoms with Gasteiger partial charge in [-0.25, -0.2) is 0 Å². The predicted molar refractivity (Wildman–Crippen MR) is 62.1 cm³/mol. The van der Waals surface area contributed by atoms with Crippen LogP contribution in [-0.4, -0.2) is 17.7 Å². The number of benzene rings is 1. The number of hydrogen-bond donors (Lipinski definition) is 1. The average Bonchev–Trinajstić information content (AvgIpc) is 2.14. The Morgan fingerprint density at radius 3 is 2.65 bits per heavy atom. The monoisotopic (exact) mass is 328 g/mol. The third-order valence-electron chi connectivity index (χ3n) is 1.96. The van der Waals surface area contributed by atoms with E-state index in [0.717, 1.165) is 0 Å². The summed E-state index contributed by atoms with van der Waals surface area (Å²) in [4.78, 5) is 10.6. The summed E-state index contributed by atoms with van der Waals surface area (Å²) in [6.07, 6.45) is -0.304. The van der Waals surface area contributed by atoms with Crippen molar-refractivity contribution in [1.82, 2.24) is 0 Å². The van der Waals surface area contributed by atoms with Gasteiger partial charge < -0.3 is 9.84 Å². The summed E-state index contributed by atoms with van der Waals surface area (Å²) in [5.41, 5.74) is 0.896. The van der Waals surface area contributed by atoms with Crippen molar-refractivity contribution in [3.05, 3.63) is 28.3 Å². The Morgan fingerprint density at radius 1 is 1.53 bits per heavy atom. The third-order valence-corrected chi connectivity index (χ3v) is 2.86. The van der Waals surface area contributed by atoms with Gasteiger partial charge in [-0.05, 0) is 23.3 Å². The topological polar surface area (TPSA) is 46.5 Å². The molecule has 0 aliphatic heterocycles. The second kappa shape index (κ2) is 6.16. The summed E-state index contributed by atoms with van der Waals surface area (Å²) in [5, 5.41) is 9.23. The minimum Gasteiger partial charge on any atom is -0.481 e. The Bertz CT molecular complexity index is 426. The second-order valence-electron chi connectivity index (χ2n) is 3.13. The molecular weight excluding hydrogens is 321 g/mol. The Balaban J connectivity index is 3.13. The van der Waals surface area contributed by atoms with Crippen LogP contribution in [0.3, 0.4) is 0 Å². The van der Waals surface area contributed by atoms with Crippen LogP contribution in [0.2, 0.25) is 5.02 Å². The highest BCUT2D eigenvalue weighted by Gasteiger charge is 2.14. The van der Waals surface area contributed by atoms with E-state index in [0.29, 0.717) is 16.5 Å². The largest absolute Gasteiger partial charge is 0.481 e. The molecular formula is C10H8BrClF2O3. The lowest BCUT2D eigenvalue weighted by Gasteiger charge is -2.11. The molecule has 0 fully saturated rings. The molecule has 1 N–H and O–H groups in total. The van der Waals surface area contributed by atoms with E-state index in [9.17, 15) is 13.6 Å². The first-order chi connectivity index (χ1) is 7.93. The van der Waals surface area contributed by atoms with Gasteiger partial charge in [-0.2, -0.15) is 8.78 Å². The smallest absolute Gasteiger partial charge is 0.387 e. The van der Waals surface area contributed by atoms with Gasteiger partial charge >= 0.3 is 12.6 Å². The lowest BCUT2D eigenvalue weighted by Crippen LogP contribution is -2.06. The van der Waals surface area contributed by atoms with Gasteiger partial charge in [0, 0.05) is 10.4 Å². The molecule has 0 aromatic heterocycles. The third kappa shape index (κ3) is 4.12. The normalized spacial score (nSPS) is 10.6. The van der Waals surface area contributed by atoms with Crippen LogP contribution < -0.4 is 4.74 Å². The Morgan fingerprint density at radius 2 is 2.18 bits per heavy atom. The molecule has 0 saturated carbocycles. The molecule has 0 amide bonds. The molecule has 0 aliphatic carbocycles. The van der Waals surface area contributed by atoms with Crippen LogP contribution in [0.5, 0.6) is 5.75 Å². The van der Waals surface area contributed by atoms with Crippen LogP contribution >= 0.6 is 27.5 Å². The summed E-state index contributed by atoms with van der Waals surface area (Å²) in [6, 6.07) is 2.48. The molecule has 0 radical (unpaired) electrons. The minimum atomic E-state index is -2.97. The number of carboxylic acids is 1. The van der Waals surface area contributed by atoms with Gasteiger partial charge in [0.25, 0.3) is 0 Å². The number of carboxylic acid groups (broad SMARTS) is 1. The number of rotatable bonds is 5. The lowest BCUT2D eigenvalue weighted by molar-refractivity contribution is -0.136. The highest BCUT2D eigenvalue weighted by molar-refractivity contribution is 9.08. The van der Waals surface area contributed by atoms with Crippen LogP contribution in [0.25, 0.3) is 0 Å². The molecule has 1 rings (SSSR count). The zero-order chi connectivity index (χ0) is 13.0. The van der Waals surface area contributed by atoms with Crippen LogP contribution in [0, 0.1) is 0 Å². The fourth-order valence-electron chi connectivity index (χ4n) is 1.31. The maximum absolute atomic E-state index is 12.0. The van der Waals surface area contributed by atoms with Crippen molar-refractivity contribution < 1.29 is 23.4 Å². The summed E-state index contributed by atoms with van der Waals surface area (Å²) < 4.78 is 28.3. The summed E-state index contributed by atoms with van der Waals surface area (Å²) >= 11 is 9.01. The van der Waals surface area contributed by atoms with Gasteiger partial charge in [0.05, 0.1) is 6.42 Å². The van der Waals surface area contributed by atoms with E-state index in [1.54, 1.807) is 0 Å². The van der Waals surface area contributed by atoms with Crippen LogP contribution in [0.4, 0.5) is 8.78 Å². The minimum absolute atomic E-state index is 0.147. The molecule has 1 aromatic rings. The Labute approximate surface area is 109 Å². The zero-order valence-electron chi connectivity index (χ0n) is 8.42. The molecule has 94 valence electrons. The van der Waals surface area contributed by atoms with Gasteiger partial charge in [0.15, 0.2) is 0 Å². The van der Waals surface area contributed by atoms with Crippen molar-refractivity contribution >= 4 is 33.5 Å². The predicted octanol–water partition coefficient (Wildman–Crippen LogP) is 3.46. The van der Waals surface area contributed by atoms with E-state index in [-0.39, 0.29) is 17.2 Å². The molecule has 0 bridgehead atoms. The van der Waals surface area contributed by atoms with Crippen LogP contribution in [0.15, 0.2) is 12.1 Å². The van der Waals surface area contributed by atoms with Crippen molar-refractivity contribution in [3.8, 4) is 5.75 Å². The first-order valence-electron chi connectivity index (χ1n) is 4.48. The highest BCUT2D eigenvalue weighted by Crippen LogP contribution is 2.29. The van der Waals surface area contributed by atoms with Crippen molar-refractivity contribution in [2.45, 2.75) is 18.4 Å². The molecule has 1 aromatic carbocycles. The van der Waals surface area contributed by atoms with Gasteiger partial charge in [-0.15, -0.1) is 0 Å².